The lowest BCUT2D eigenvalue weighted by Gasteiger charge is -2.29. The molecule has 0 aliphatic carbocycles. The van der Waals surface area contributed by atoms with E-state index in [9.17, 15) is 0 Å². The Hall–Kier alpha value is -0.980. The van der Waals surface area contributed by atoms with Crippen LogP contribution in [-0.2, 0) is 12.8 Å². The second-order valence-corrected chi connectivity index (χ2v) is 4.30. The van der Waals surface area contributed by atoms with Crippen LogP contribution in [0.2, 0.25) is 0 Å². The van der Waals surface area contributed by atoms with Crippen LogP contribution >= 0.6 is 0 Å². The van der Waals surface area contributed by atoms with Gasteiger partial charge in [-0.2, -0.15) is 0 Å². The van der Waals surface area contributed by atoms with Crippen LogP contribution in [0.3, 0.4) is 0 Å². The Bertz CT molecular complexity index is 341. The molecule has 0 atom stereocenters. The van der Waals surface area contributed by atoms with Crippen LogP contribution in [-0.4, -0.2) is 13.6 Å². The van der Waals surface area contributed by atoms with E-state index in [1.54, 1.807) is 5.56 Å². The van der Waals surface area contributed by atoms with E-state index in [0.29, 0.717) is 0 Å². The molecule has 0 aromatic heterocycles. The van der Waals surface area contributed by atoms with Crippen molar-refractivity contribution in [2.75, 3.05) is 18.5 Å². The summed E-state index contributed by atoms with van der Waals surface area (Å²) >= 11 is 0. The molecule has 0 bridgehead atoms. The van der Waals surface area contributed by atoms with Gasteiger partial charge in [-0.25, -0.2) is 0 Å². The summed E-state index contributed by atoms with van der Waals surface area (Å²) in [6.45, 7) is 5.67. The SMILES string of the molecule is CCc1cc(C)c2c(c1)CCCN2C. The first-order chi connectivity index (χ1) is 6.72. The number of hydrogen-bond donors (Lipinski definition) is 0. The quantitative estimate of drug-likeness (QED) is 0.656. The van der Waals surface area contributed by atoms with Crippen molar-refractivity contribution < 1.29 is 0 Å². The van der Waals surface area contributed by atoms with Gasteiger partial charge in [-0.05, 0) is 42.9 Å². The number of nitrogens with zero attached hydrogens (tertiary/aromatic N) is 1. The molecule has 1 aromatic carbocycles. The van der Waals surface area contributed by atoms with Gasteiger partial charge in [-0.15, -0.1) is 0 Å². The zero-order valence-corrected chi connectivity index (χ0v) is 9.43. The summed E-state index contributed by atoms with van der Waals surface area (Å²) in [5.74, 6) is 0. The summed E-state index contributed by atoms with van der Waals surface area (Å²) < 4.78 is 0. The zero-order chi connectivity index (χ0) is 10.1. The second-order valence-electron chi connectivity index (χ2n) is 4.30. The van der Waals surface area contributed by atoms with E-state index >= 15 is 0 Å². The highest BCUT2D eigenvalue weighted by molar-refractivity contribution is 5.61. The monoisotopic (exact) mass is 189 g/mol. The molecule has 1 heteroatoms. The average Bonchev–Trinajstić information content (AvgIpc) is 2.17. The van der Waals surface area contributed by atoms with E-state index in [4.69, 9.17) is 0 Å². The van der Waals surface area contributed by atoms with E-state index in [1.807, 2.05) is 0 Å². The molecule has 0 N–H and O–H groups in total. The molecule has 1 nitrogen and oxygen atoms in total. The van der Waals surface area contributed by atoms with Gasteiger partial charge in [0.25, 0.3) is 0 Å². The Morgan fingerprint density at radius 1 is 1.36 bits per heavy atom. The molecule has 1 heterocycles. The van der Waals surface area contributed by atoms with Gasteiger partial charge in [-0.3, -0.25) is 0 Å². The van der Waals surface area contributed by atoms with E-state index in [0.717, 1.165) is 6.42 Å². The standard InChI is InChI=1S/C13H19N/c1-4-11-8-10(2)13-12(9-11)6-5-7-14(13)3/h8-9H,4-7H2,1-3H3. The Morgan fingerprint density at radius 3 is 2.86 bits per heavy atom. The van der Waals surface area contributed by atoms with Crippen LogP contribution in [0.15, 0.2) is 12.1 Å². The molecule has 0 spiro atoms. The highest BCUT2D eigenvalue weighted by Gasteiger charge is 2.15. The fraction of sp³-hybridized carbons (Fsp3) is 0.538. The lowest BCUT2D eigenvalue weighted by molar-refractivity contribution is 0.740. The van der Waals surface area contributed by atoms with Gasteiger partial charge in [0.15, 0.2) is 0 Å². The second kappa shape index (κ2) is 3.64. The van der Waals surface area contributed by atoms with E-state index in [2.05, 4.69) is 37.9 Å². The van der Waals surface area contributed by atoms with Crippen molar-refractivity contribution in [3.05, 3.63) is 28.8 Å². The van der Waals surface area contributed by atoms with E-state index in [1.165, 1.54) is 36.2 Å². The largest absolute Gasteiger partial charge is 0.374 e. The van der Waals surface area contributed by atoms with Gasteiger partial charge in [-0.1, -0.05) is 19.1 Å². The van der Waals surface area contributed by atoms with Crippen LogP contribution in [0.4, 0.5) is 5.69 Å². The van der Waals surface area contributed by atoms with Crippen LogP contribution in [0, 0.1) is 6.92 Å². The highest BCUT2D eigenvalue weighted by Crippen LogP contribution is 2.30. The summed E-state index contributed by atoms with van der Waals surface area (Å²) in [4.78, 5) is 2.40. The van der Waals surface area contributed by atoms with Crippen LogP contribution in [0.5, 0.6) is 0 Å². The summed E-state index contributed by atoms with van der Waals surface area (Å²) in [5, 5.41) is 0. The first-order valence-corrected chi connectivity index (χ1v) is 5.56. The minimum atomic E-state index is 1.15. The van der Waals surface area contributed by atoms with Crippen molar-refractivity contribution in [3.8, 4) is 0 Å². The predicted molar refractivity (Wildman–Crippen MR) is 62.1 cm³/mol. The maximum Gasteiger partial charge on any atom is 0.0426 e. The van der Waals surface area contributed by atoms with Gasteiger partial charge in [0.1, 0.15) is 0 Å². The van der Waals surface area contributed by atoms with E-state index < -0.39 is 0 Å². The highest BCUT2D eigenvalue weighted by atomic mass is 15.1. The minimum absolute atomic E-state index is 1.15. The summed E-state index contributed by atoms with van der Waals surface area (Å²) in [6.07, 6.45) is 3.71. The summed E-state index contributed by atoms with van der Waals surface area (Å²) in [6, 6.07) is 4.72. The van der Waals surface area contributed by atoms with Crippen molar-refractivity contribution in [1.29, 1.82) is 0 Å². The normalized spacial score (nSPS) is 15.5. The molecule has 0 radical (unpaired) electrons. The topological polar surface area (TPSA) is 3.24 Å². The third-order valence-corrected chi connectivity index (χ3v) is 3.17. The summed E-state index contributed by atoms with van der Waals surface area (Å²) in [7, 11) is 2.20. The molecule has 0 unspecified atom stereocenters. The molecule has 0 saturated heterocycles. The minimum Gasteiger partial charge on any atom is -0.374 e. The fourth-order valence-electron chi connectivity index (χ4n) is 2.49. The molecule has 0 saturated carbocycles. The maximum absolute atomic E-state index is 2.40. The third-order valence-electron chi connectivity index (χ3n) is 3.17. The lowest BCUT2D eigenvalue weighted by Crippen LogP contribution is -2.25. The molecule has 76 valence electrons. The number of aryl methyl sites for hydroxylation is 3. The molecular weight excluding hydrogens is 170 g/mol. The first kappa shape index (κ1) is 9.57. The summed E-state index contributed by atoms with van der Waals surface area (Å²) in [5.41, 5.74) is 5.96. The molecule has 1 aromatic rings. The lowest BCUT2D eigenvalue weighted by atomic mass is 9.95. The van der Waals surface area contributed by atoms with Crippen LogP contribution < -0.4 is 4.90 Å². The molecule has 0 amide bonds. The van der Waals surface area contributed by atoms with Gasteiger partial charge in [0.2, 0.25) is 0 Å². The fourth-order valence-corrected chi connectivity index (χ4v) is 2.49. The first-order valence-electron chi connectivity index (χ1n) is 5.56. The van der Waals surface area contributed by atoms with Gasteiger partial charge < -0.3 is 4.90 Å². The Balaban J connectivity index is 2.51. The van der Waals surface area contributed by atoms with Crippen LogP contribution in [0.25, 0.3) is 0 Å². The molecular formula is C13H19N. The Labute approximate surface area is 86.7 Å². The number of hydrogen-bond acceptors (Lipinski definition) is 1. The Morgan fingerprint density at radius 2 is 2.14 bits per heavy atom. The molecule has 0 fully saturated rings. The number of rotatable bonds is 1. The van der Waals surface area contributed by atoms with Crippen LogP contribution in [0.1, 0.15) is 30.0 Å². The van der Waals surface area contributed by atoms with Gasteiger partial charge >= 0.3 is 0 Å². The number of benzene rings is 1. The number of fused-ring (bicyclic) bond motifs is 1. The molecule has 14 heavy (non-hydrogen) atoms. The molecule has 1 aliphatic heterocycles. The van der Waals surface area contributed by atoms with Crippen molar-refractivity contribution in [3.63, 3.8) is 0 Å². The van der Waals surface area contributed by atoms with Gasteiger partial charge in [0.05, 0.1) is 0 Å². The van der Waals surface area contributed by atoms with Gasteiger partial charge in [0, 0.05) is 19.3 Å². The smallest absolute Gasteiger partial charge is 0.0426 e. The van der Waals surface area contributed by atoms with Crippen molar-refractivity contribution in [1.82, 2.24) is 0 Å². The average molecular weight is 189 g/mol. The molecule has 2 rings (SSSR count). The third kappa shape index (κ3) is 1.52. The van der Waals surface area contributed by atoms with Crippen molar-refractivity contribution in [2.45, 2.75) is 33.1 Å². The number of anilines is 1. The molecule has 1 aliphatic rings. The Kier molecular flexibility index (Phi) is 2.49. The zero-order valence-electron chi connectivity index (χ0n) is 9.43. The predicted octanol–water partition coefficient (Wildman–Crippen LogP) is 2.94. The van der Waals surface area contributed by atoms with E-state index in [-0.39, 0.29) is 0 Å². The van der Waals surface area contributed by atoms with Crippen molar-refractivity contribution >= 4 is 5.69 Å². The maximum atomic E-state index is 2.40. The van der Waals surface area contributed by atoms with Crippen molar-refractivity contribution in [2.24, 2.45) is 0 Å².